The maximum absolute atomic E-state index is 2.40. The molecule has 0 nitrogen and oxygen atoms in total. The zero-order valence-electron chi connectivity index (χ0n) is 6.07. The van der Waals surface area contributed by atoms with Crippen molar-refractivity contribution in [2.45, 2.75) is 32.6 Å². The van der Waals surface area contributed by atoms with Crippen molar-refractivity contribution >= 4 is 0 Å². The second-order valence-corrected chi connectivity index (χ2v) is 2.55. The zero-order chi connectivity index (χ0) is 5.11. The minimum Gasteiger partial charge on any atom is -1.00 e. The van der Waals surface area contributed by atoms with Gasteiger partial charge in [0.15, 0.2) is 0 Å². The Morgan fingerprint density at radius 1 is 1.22 bits per heavy atom. The summed E-state index contributed by atoms with van der Waals surface area (Å²) < 4.78 is 0. The van der Waals surface area contributed by atoms with Crippen molar-refractivity contribution in [2.24, 2.45) is 5.92 Å². The van der Waals surface area contributed by atoms with Crippen LogP contribution in [0.25, 0.3) is 0 Å². The second-order valence-electron chi connectivity index (χ2n) is 2.55. The van der Waals surface area contributed by atoms with Crippen molar-refractivity contribution in [1.29, 1.82) is 0 Å². The van der Waals surface area contributed by atoms with Crippen molar-refractivity contribution in [3.63, 3.8) is 0 Å². The molecule has 0 amide bonds. The van der Waals surface area contributed by atoms with Gasteiger partial charge < -0.3 is 12.4 Å². The molecule has 0 aromatic carbocycles. The Balaban J connectivity index is 0. The van der Waals surface area contributed by atoms with E-state index in [-0.39, 0.29) is 40.1 Å². The van der Waals surface area contributed by atoms with E-state index in [0.717, 1.165) is 5.92 Å². The van der Waals surface area contributed by atoms with Gasteiger partial charge >= 0.3 is 27.7 Å². The van der Waals surface area contributed by atoms with E-state index in [1.807, 2.05) is 0 Å². The molecule has 0 unspecified atom stereocenters. The van der Waals surface area contributed by atoms with Crippen LogP contribution in [0.1, 0.15) is 32.6 Å². The summed E-state index contributed by atoms with van der Waals surface area (Å²) in [5, 5.41) is 0. The van der Waals surface area contributed by atoms with Gasteiger partial charge in [-0.2, -0.15) is 0 Å². The fraction of sp³-hybridized carbons (Fsp3) is 0.857. The summed E-state index contributed by atoms with van der Waals surface area (Å²) in [4.78, 5) is 0. The van der Waals surface area contributed by atoms with Gasteiger partial charge in [-0.05, 0) is 25.2 Å². The predicted molar refractivity (Wildman–Crippen MR) is 31.9 cm³/mol. The molecule has 0 atom stereocenters. The van der Waals surface area contributed by atoms with Crippen LogP contribution in [-0.4, -0.2) is 0 Å². The molecule has 2 heteroatoms. The van der Waals surface area contributed by atoms with E-state index in [9.17, 15) is 0 Å². The summed E-state index contributed by atoms with van der Waals surface area (Å²) in [5.74, 6) is 1.00. The van der Waals surface area contributed by atoms with E-state index in [4.69, 9.17) is 0 Å². The molecule has 0 aromatic rings. The molecule has 1 aliphatic rings. The van der Waals surface area contributed by atoms with Gasteiger partial charge in [0, 0.05) is 0 Å². The molecule has 0 bridgehead atoms. The van der Waals surface area contributed by atoms with Gasteiger partial charge in [-0.15, -0.1) is 0 Å². The summed E-state index contributed by atoms with van der Waals surface area (Å²) in [6, 6.07) is 0. The van der Waals surface area contributed by atoms with E-state index in [1.54, 1.807) is 0 Å². The number of hydrogen-bond acceptors (Lipinski definition) is 0. The smallest absolute Gasteiger partial charge is 1.00 e. The first-order valence-electron chi connectivity index (χ1n) is 3.21. The van der Waals surface area contributed by atoms with Crippen LogP contribution in [0.3, 0.4) is 0 Å². The Hall–Kier alpha value is 1.23. The van der Waals surface area contributed by atoms with Crippen molar-refractivity contribution in [3.8, 4) is 0 Å². The number of rotatable bonds is 0. The van der Waals surface area contributed by atoms with E-state index in [1.165, 1.54) is 25.7 Å². The monoisotopic (exact) mass is 334 g/mol. The molecule has 0 saturated heterocycles. The average molecular weight is 333 g/mol. The maximum Gasteiger partial charge on any atom is 1.00 e. The van der Waals surface area contributed by atoms with E-state index in [2.05, 4.69) is 13.3 Å². The summed E-state index contributed by atoms with van der Waals surface area (Å²) in [6.07, 6.45) is 7.99. The molecule has 9 heavy (non-hydrogen) atoms. The molecule has 0 spiro atoms. The van der Waals surface area contributed by atoms with E-state index in [0.29, 0.717) is 0 Å². The molecule has 1 fully saturated rings. The zero-order valence-corrected chi connectivity index (χ0v) is 12.3. The molecule has 1 aliphatic carbocycles. The predicted octanol–water partition coefficient (Wildman–Crippen LogP) is -0.598. The van der Waals surface area contributed by atoms with Gasteiger partial charge in [-0.1, -0.05) is 19.8 Å². The average Bonchev–Trinajstić information content (AvgIpc) is 1.69. The third kappa shape index (κ3) is 5.66. The number of hydrogen-bond donors (Lipinski definition) is 0. The first-order valence-corrected chi connectivity index (χ1v) is 3.21. The van der Waals surface area contributed by atoms with Crippen LogP contribution in [0, 0.1) is 12.3 Å². The molecule has 1 saturated carbocycles. The first-order chi connectivity index (χ1) is 3.39. The van der Waals surface area contributed by atoms with Crippen LogP contribution in [0.15, 0.2) is 0 Å². The Kier molecular flexibility index (Phi) is 10.5. The Labute approximate surface area is 84.7 Å². The largest absolute Gasteiger partial charge is 1.00 e. The molecule has 0 heterocycles. The van der Waals surface area contributed by atoms with Crippen LogP contribution < -0.4 is 12.4 Å². The van der Waals surface area contributed by atoms with Crippen LogP contribution in [-0.2, 0) is 27.7 Å². The van der Waals surface area contributed by atoms with E-state index < -0.39 is 0 Å². The Bertz CT molecular complexity index is 50.9. The van der Waals surface area contributed by atoms with Gasteiger partial charge in [-0.3, -0.25) is 0 Å². The topological polar surface area (TPSA) is 0 Å². The fourth-order valence-electron chi connectivity index (χ4n) is 1.09. The molecule has 50 valence electrons. The third-order valence-electron chi connectivity index (χ3n) is 1.73. The summed E-state index contributed by atoms with van der Waals surface area (Å²) in [6.45, 7) is 2.34. The van der Waals surface area contributed by atoms with Crippen LogP contribution >= 0.6 is 0 Å². The standard InChI is InChI=1S/C7H13.ClH.Hg/c1-7-5-3-2-4-6-7;;/h2,7H,3-6H2,1H3;1H;/q;;+1/p-1. The van der Waals surface area contributed by atoms with Crippen LogP contribution in [0.2, 0.25) is 0 Å². The van der Waals surface area contributed by atoms with Crippen LogP contribution in [0.5, 0.6) is 0 Å². The molecule has 0 aliphatic heterocycles. The van der Waals surface area contributed by atoms with Crippen LogP contribution in [0.4, 0.5) is 0 Å². The van der Waals surface area contributed by atoms with Gasteiger partial charge in [0.25, 0.3) is 0 Å². The summed E-state index contributed by atoms with van der Waals surface area (Å²) in [5.41, 5.74) is 0. The molecule has 0 aromatic heterocycles. The first kappa shape index (κ1) is 12.9. The number of halogens is 1. The summed E-state index contributed by atoms with van der Waals surface area (Å²) in [7, 11) is 0. The molecule has 2 radical (unpaired) electrons. The van der Waals surface area contributed by atoms with Gasteiger partial charge in [0.2, 0.25) is 0 Å². The maximum atomic E-state index is 2.40. The quantitative estimate of drug-likeness (QED) is 0.520. The molecular weight excluding hydrogens is 320 g/mol. The van der Waals surface area contributed by atoms with E-state index >= 15 is 0 Å². The second kappa shape index (κ2) is 7.33. The molecule has 1 rings (SSSR count). The van der Waals surface area contributed by atoms with Gasteiger partial charge in [0.1, 0.15) is 0 Å². The van der Waals surface area contributed by atoms with Gasteiger partial charge in [-0.25, -0.2) is 0 Å². The summed E-state index contributed by atoms with van der Waals surface area (Å²) >= 11 is 0. The van der Waals surface area contributed by atoms with Crippen molar-refractivity contribution in [1.82, 2.24) is 0 Å². The Morgan fingerprint density at radius 3 is 1.89 bits per heavy atom. The molecular formula is C7H13ClHg. The van der Waals surface area contributed by atoms with Gasteiger partial charge in [0.05, 0.1) is 0 Å². The normalized spacial score (nSPS) is 19.7. The van der Waals surface area contributed by atoms with Crippen molar-refractivity contribution in [3.05, 3.63) is 6.42 Å². The fourth-order valence-corrected chi connectivity index (χ4v) is 1.09. The minimum absolute atomic E-state index is 0. The van der Waals surface area contributed by atoms with Crippen molar-refractivity contribution in [2.75, 3.05) is 0 Å². The SMILES string of the molecule is CC1CC[CH]CC1.[Cl-].[Hg+]. The minimum atomic E-state index is 0. The third-order valence-corrected chi connectivity index (χ3v) is 1.73. The van der Waals surface area contributed by atoms with Crippen molar-refractivity contribution < 1.29 is 40.1 Å². The molecule has 0 N–H and O–H groups in total. The Morgan fingerprint density at radius 2 is 1.67 bits per heavy atom.